The summed E-state index contributed by atoms with van der Waals surface area (Å²) in [6.07, 6.45) is 2.48. The lowest BCUT2D eigenvalue weighted by atomic mass is 10.1. The standard InChI is InChI=1S/C16H17Cl2N3O/c1-2-12-8-16(20-10-19-12)21-5-6-22-15(9-21)11-3-4-13(17)14(18)7-11/h3-4,7-8,10,15H,2,5-6,9H2,1H3/t15-/m0/s1. The van der Waals surface area contributed by atoms with Crippen LogP contribution in [-0.2, 0) is 11.2 Å². The SMILES string of the molecule is CCc1cc(N2CCO[C@H](c3ccc(Cl)c(Cl)c3)C2)ncn1. The smallest absolute Gasteiger partial charge is 0.132 e. The average Bonchev–Trinajstić information content (AvgIpc) is 2.57. The molecule has 4 nitrogen and oxygen atoms in total. The van der Waals surface area contributed by atoms with Crippen LogP contribution in [0.3, 0.4) is 0 Å². The number of nitrogens with zero attached hydrogens (tertiary/aromatic N) is 3. The third-order valence-corrected chi connectivity index (χ3v) is 4.52. The second kappa shape index (κ2) is 6.82. The molecule has 1 fully saturated rings. The Kier molecular flexibility index (Phi) is 4.81. The van der Waals surface area contributed by atoms with E-state index >= 15 is 0 Å². The summed E-state index contributed by atoms with van der Waals surface area (Å²) in [6, 6.07) is 7.67. The zero-order valence-corrected chi connectivity index (χ0v) is 13.8. The highest BCUT2D eigenvalue weighted by Gasteiger charge is 2.23. The van der Waals surface area contributed by atoms with E-state index in [0.29, 0.717) is 16.7 Å². The molecule has 3 rings (SSSR count). The van der Waals surface area contributed by atoms with Crippen molar-refractivity contribution in [2.45, 2.75) is 19.4 Å². The summed E-state index contributed by atoms with van der Waals surface area (Å²) < 4.78 is 5.88. The molecule has 0 N–H and O–H groups in total. The largest absolute Gasteiger partial charge is 0.370 e. The first kappa shape index (κ1) is 15.5. The number of ether oxygens (including phenoxy) is 1. The van der Waals surface area contributed by atoms with E-state index in [1.165, 1.54) is 0 Å². The number of anilines is 1. The number of hydrogen-bond acceptors (Lipinski definition) is 4. The summed E-state index contributed by atoms with van der Waals surface area (Å²) in [5, 5.41) is 1.11. The van der Waals surface area contributed by atoms with Crippen LogP contribution in [0.2, 0.25) is 10.0 Å². The van der Waals surface area contributed by atoms with E-state index in [4.69, 9.17) is 27.9 Å². The van der Waals surface area contributed by atoms with Crippen molar-refractivity contribution in [2.24, 2.45) is 0 Å². The fourth-order valence-corrected chi connectivity index (χ4v) is 2.83. The second-order valence-electron chi connectivity index (χ2n) is 5.20. The minimum Gasteiger partial charge on any atom is -0.370 e. The molecule has 6 heteroatoms. The molecule has 0 amide bonds. The van der Waals surface area contributed by atoms with Crippen LogP contribution in [0.15, 0.2) is 30.6 Å². The van der Waals surface area contributed by atoms with E-state index in [1.54, 1.807) is 12.4 Å². The molecule has 1 aliphatic heterocycles. The summed E-state index contributed by atoms with van der Waals surface area (Å²) in [5.74, 6) is 0.945. The molecular formula is C16H17Cl2N3O. The van der Waals surface area contributed by atoms with E-state index in [9.17, 15) is 0 Å². The molecule has 0 spiro atoms. The summed E-state index contributed by atoms with van der Waals surface area (Å²) in [6.45, 7) is 4.29. The Bertz CT molecular complexity index is 666. The third kappa shape index (κ3) is 3.35. The number of aromatic nitrogens is 2. The lowest BCUT2D eigenvalue weighted by molar-refractivity contribution is 0.0395. The van der Waals surface area contributed by atoms with Gasteiger partial charge in [0, 0.05) is 24.8 Å². The van der Waals surface area contributed by atoms with Gasteiger partial charge in [0.2, 0.25) is 0 Å². The Morgan fingerprint density at radius 3 is 2.86 bits per heavy atom. The highest BCUT2D eigenvalue weighted by Crippen LogP contribution is 2.30. The van der Waals surface area contributed by atoms with Gasteiger partial charge in [0.1, 0.15) is 18.2 Å². The van der Waals surface area contributed by atoms with Crippen molar-refractivity contribution in [2.75, 3.05) is 24.6 Å². The Labute approximate surface area is 140 Å². The van der Waals surface area contributed by atoms with Crippen molar-refractivity contribution in [3.05, 3.63) is 51.9 Å². The minimum atomic E-state index is -0.0384. The van der Waals surface area contributed by atoms with Crippen molar-refractivity contribution < 1.29 is 4.74 Å². The molecule has 0 bridgehead atoms. The number of morpholine rings is 1. The van der Waals surface area contributed by atoms with Gasteiger partial charge in [-0.2, -0.15) is 0 Å². The first-order valence-corrected chi connectivity index (χ1v) is 8.05. The Balaban J connectivity index is 1.80. The van der Waals surface area contributed by atoms with Gasteiger partial charge >= 0.3 is 0 Å². The van der Waals surface area contributed by atoms with Crippen LogP contribution >= 0.6 is 23.2 Å². The lowest BCUT2D eigenvalue weighted by Crippen LogP contribution is -2.39. The molecular weight excluding hydrogens is 321 g/mol. The monoisotopic (exact) mass is 337 g/mol. The quantitative estimate of drug-likeness (QED) is 0.850. The van der Waals surface area contributed by atoms with Crippen molar-refractivity contribution in [1.29, 1.82) is 0 Å². The van der Waals surface area contributed by atoms with Gasteiger partial charge in [-0.1, -0.05) is 36.2 Å². The number of hydrogen-bond donors (Lipinski definition) is 0. The molecule has 2 heterocycles. The molecule has 1 aromatic carbocycles. The van der Waals surface area contributed by atoms with Crippen LogP contribution < -0.4 is 4.90 Å². The van der Waals surface area contributed by atoms with Crippen molar-refractivity contribution in [1.82, 2.24) is 9.97 Å². The van der Waals surface area contributed by atoms with Crippen LogP contribution in [0, 0.1) is 0 Å². The zero-order valence-electron chi connectivity index (χ0n) is 12.3. The third-order valence-electron chi connectivity index (χ3n) is 3.78. The van der Waals surface area contributed by atoms with Crippen molar-refractivity contribution in [3.8, 4) is 0 Å². The van der Waals surface area contributed by atoms with Crippen LogP contribution in [0.5, 0.6) is 0 Å². The predicted octanol–water partition coefficient (Wildman–Crippen LogP) is 3.92. The van der Waals surface area contributed by atoms with Crippen molar-refractivity contribution >= 4 is 29.0 Å². The lowest BCUT2D eigenvalue weighted by Gasteiger charge is -2.34. The Morgan fingerprint density at radius 2 is 2.09 bits per heavy atom. The van der Waals surface area contributed by atoms with E-state index in [0.717, 1.165) is 36.6 Å². The molecule has 0 radical (unpaired) electrons. The van der Waals surface area contributed by atoms with Gasteiger partial charge in [-0.3, -0.25) is 0 Å². The maximum absolute atomic E-state index is 6.10. The molecule has 22 heavy (non-hydrogen) atoms. The minimum absolute atomic E-state index is 0.0384. The van der Waals surface area contributed by atoms with Gasteiger partial charge in [0.05, 0.1) is 16.7 Å². The highest BCUT2D eigenvalue weighted by molar-refractivity contribution is 6.42. The number of halogens is 2. The molecule has 1 saturated heterocycles. The Hall–Kier alpha value is -1.36. The van der Waals surface area contributed by atoms with E-state index in [-0.39, 0.29) is 6.10 Å². The molecule has 116 valence electrons. The molecule has 0 unspecified atom stereocenters. The van der Waals surface area contributed by atoms with E-state index in [1.807, 2.05) is 18.2 Å². The summed E-state index contributed by atoms with van der Waals surface area (Å²) in [7, 11) is 0. The maximum atomic E-state index is 6.10. The summed E-state index contributed by atoms with van der Waals surface area (Å²) >= 11 is 12.1. The Morgan fingerprint density at radius 1 is 1.23 bits per heavy atom. The first-order valence-electron chi connectivity index (χ1n) is 7.29. The van der Waals surface area contributed by atoms with Gasteiger partial charge in [0.15, 0.2) is 0 Å². The molecule has 1 aromatic heterocycles. The zero-order chi connectivity index (χ0) is 15.5. The fraction of sp³-hybridized carbons (Fsp3) is 0.375. The van der Waals surface area contributed by atoms with E-state index < -0.39 is 0 Å². The number of rotatable bonds is 3. The van der Waals surface area contributed by atoms with E-state index in [2.05, 4.69) is 21.8 Å². The normalized spacial score (nSPS) is 18.5. The topological polar surface area (TPSA) is 38.2 Å². The predicted molar refractivity (Wildman–Crippen MR) is 88.8 cm³/mol. The highest BCUT2D eigenvalue weighted by atomic mass is 35.5. The van der Waals surface area contributed by atoms with Gasteiger partial charge in [-0.15, -0.1) is 0 Å². The number of benzene rings is 1. The molecule has 1 aliphatic rings. The van der Waals surface area contributed by atoms with Gasteiger partial charge in [0.25, 0.3) is 0 Å². The number of aryl methyl sites for hydroxylation is 1. The fourth-order valence-electron chi connectivity index (χ4n) is 2.52. The molecule has 1 atom stereocenters. The molecule has 0 saturated carbocycles. The van der Waals surface area contributed by atoms with Crippen LogP contribution in [-0.4, -0.2) is 29.7 Å². The van der Waals surface area contributed by atoms with Gasteiger partial charge in [-0.25, -0.2) is 9.97 Å². The van der Waals surface area contributed by atoms with Crippen LogP contribution in [0.25, 0.3) is 0 Å². The van der Waals surface area contributed by atoms with Gasteiger partial charge < -0.3 is 9.64 Å². The average molecular weight is 338 g/mol. The van der Waals surface area contributed by atoms with Crippen LogP contribution in [0.1, 0.15) is 24.3 Å². The molecule has 2 aromatic rings. The van der Waals surface area contributed by atoms with Crippen molar-refractivity contribution in [3.63, 3.8) is 0 Å². The second-order valence-corrected chi connectivity index (χ2v) is 6.01. The maximum Gasteiger partial charge on any atom is 0.132 e. The summed E-state index contributed by atoms with van der Waals surface area (Å²) in [4.78, 5) is 10.9. The molecule has 0 aliphatic carbocycles. The first-order chi connectivity index (χ1) is 10.7. The summed E-state index contributed by atoms with van der Waals surface area (Å²) in [5.41, 5.74) is 2.08. The van der Waals surface area contributed by atoms with Crippen LogP contribution in [0.4, 0.5) is 5.82 Å². The van der Waals surface area contributed by atoms with Gasteiger partial charge in [-0.05, 0) is 24.1 Å².